The molecule has 1 aromatic heterocycles. The summed E-state index contributed by atoms with van der Waals surface area (Å²) in [7, 11) is 0. The summed E-state index contributed by atoms with van der Waals surface area (Å²) in [6.45, 7) is 8.56. The predicted molar refractivity (Wildman–Crippen MR) is 147 cm³/mol. The van der Waals surface area contributed by atoms with Crippen molar-refractivity contribution in [3.05, 3.63) is 78.0 Å². The molecule has 2 amide bonds. The number of rotatable bonds is 7. The third kappa shape index (κ3) is 5.63. The number of carbonyl (C=O) groups excluding carboxylic acids is 2. The fraction of sp³-hybridized carbons (Fsp3) is 0.310. The first-order valence-electron chi connectivity index (χ1n) is 12.8. The lowest BCUT2D eigenvalue weighted by Gasteiger charge is -2.59. The molecule has 1 aliphatic heterocycles. The highest BCUT2D eigenvalue weighted by atomic mass is 19.4. The molecule has 2 fully saturated rings. The molecule has 0 atom stereocenters. The Morgan fingerprint density at radius 3 is 2.48 bits per heavy atom. The summed E-state index contributed by atoms with van der Waals surface area (Å²) in [6, 6.07) is 12.2. The van der Waals surface area contributed by atoms with Gasteiger partial charge in [-0.1, -0.05) is 24.8 Å². The van der Waals surface area contributed by atoms with E-state index in [2.05, 4.69) is 38.6 Å². The molecule has 1 aliphatic carbocycles. The van der Waals surface area contributed by atoms with Crippen LogP contribution in [0, 0.1) is 12.3 Å². The number of carbonyl (C=O) groups is 2. The van der Waals surface area contributed by atoms with Gasteiger partial charge in [0.2, 0.25) is 17.8 Å². The first-order chi connectivity index (χ1) is 18.9. The van der Waals surface area contributed by atoms with E-state index < -0.39 is 23.5 Å². The molecular weight excluding hydrogens is 521 g/mol. The zero-order chi connectivity index (χ0) is 28.7. The third-order valence-electron chi connectivity index (χ3n) is 7.50. The fourth-order valence-corrected chi connectivity index (χ4v) is 5.42. The van der Waals surface area contributed by atoms with Gasteiger partial charge in [-0.2, -0.15) is 18.2 Å². The molecule has 0 unspecified atom stereocenters. The molecular formula is C29H29F3N6O2. The van der Waals surface area contributed by atoms with Gasteiger partial charge < -0.3 is 20.9 Å². The van der Waals surface area contributed by atoms with Crippen LogP contribution in [0.25, 0.3) is 0 Å². The topological polar surface area (TPSA) is 99.2 Å². The first kappa shape index (κ1) is 27.2. The van der Waals surface area contributed by atoms with E-state index in [4.69, 9.17) is 0 Å². The van der Waals surface area contributed by atoms with Crippen LogP contribution in [0.3, 0.4) is 0 Å². The van der Waals surface area contributed by atoms with E-state index in [0.29, 0.717) is 23.0 Å². The second-order valence-corrected chi connectivity index (χ2v) is 10.5. The Labute approximate surface area is 229 Å². The molecule has 1 spiro atoms. The van der Waals surface area contributed by atoms with Gasteiger partial charge in [0, 0.05) is 48.7 Å². The Morgan fingerprint density at radius 1 is 1.10 bits per heavy atom. The lowest BCUT2D eigenvalue weighted by atomic mass is 9.56. The Morgan fingerprint density at radius 2 is 1.82 bits per heavy atom. The predicted octanol–water partition coefficient (Wildman–Crippen LogP) is 6.14. The maximum atomic E-state index is 13.7. The molecule has 8 nitrogen and oxygen atoms in total. The van der Waals surface area contributed by atoms with Crippen LogP contribution in [0.1, 0.15) is 42.4 Å². The normalized spacial score (nSPS) is 16.1. The average Bonchev–Trinajstić information content (AvgIpc) is 2.83. The van der Waals surface area contributed by atoms with E-state index in [1.165, 1.54) is 11.6 Å². The molecule has 5 rings (SSSR count). The molecule has 2 aromatic carbocycles. The summed E-state index contributed by atoms with van der Waals surface area (Å²) in [4.78, 5) is 33.0. The first-order valence-corrected chi connectivity index (χ1v) is 12.8. The summed E-state index contributed by atoms with van der Waals surface area (Å²) in [5.41, 5.74) is 2.71. The second kappa shape index (κ2) is 10.3. The summed E-state index contributed by atoms with van der Waals surface area (Å²) in [5, 5.41) is 8.32. The number of anilines is 5. The summed E-state index contributed by atoms with van der Waals surface area (Å²) < 4.78 is 41.2. The Bertz CT molecular complexity index is 1470. The Kier molecular flexibility index (Phi) is 6.99. The number of aryl methyl sites for hydroxylation is 1. The van der Waals surface area contributed by atoms with Gasteiger partial charge in [0.05, 0.1) is 0 Å². The monoisotopic (exact) mass is 550 g/mol. The maximum Gasteiger partial charge on any atom is 0.421 e. The molecule has 3 aromatic rings. The van der Waals surface area contributed by atoms with Crippen molar-refractivity contribution < 1.29 is 22.8 Å². The Balaban J connectivity index is 1.31. The number of hydrogen-bond acceptors (Lipinski definition) is 6. The highest BCUT2D eigenvalue weighted by molar-refractivity contribution is 5.99. The number of aromatic nitrogens is 2. The summed E-state index contributed by atoms with van der Waals surface area (Å²) in [5.74, 6) is -0.320. The van der Waals surface area contributed by atoms with E-state index in [1.54, 1.807) is 25.1 Å². The van der Waals surface area contributed by atoms with E-state index in [1.807, 2.05) is 24.0 Å². The van der Waals surface area contributed by atoms with Crippen LogP contribution in [0.2, 0.25) is 0 Å². The number of amides is 2. The standard InChI is InChI=1S/C29H29F3N6O2/c1-4-25(40)34-21-6-5-7-22(11-21)35-26-23(29(30,31)32)14-33-27(37-26)36-24-9-8-19(10-17(24)2)20-12-28(13-20)15-38(16-28)18(3)39/h4-11,14,20H,1,12-13,15-16H2,2-3H3,(H,34,40)(H2,33,35,36,37). The lowest BCUT2D eigenvalue weighted by molar-refractivity contribution is -0.149. The van der Waals surface area contributed by atoms with Crippen LogP contribution in [0.4, 0.5) is 42.0 Å². The number of benzene rings is 2. The molecule has 0 radical (unpaired) electrons. The van der Waals surface area contributed by atoms with Gasteiger partial charge in [0.15, 0.2) is 0 Å². The highest BCUT2D eigenvalue weighted by Gasteiger charge is 2.53. The largest absolute Gasteiger partial charge is 0.421 e. The van der Waals surface area contributed by atoms with Crippen LogP contribution in [0.5, 0.6) is 0 Å². The number of likely N-dealkylation sites (tertiary alicyclic amines) is 1. The summed E-state index contributed by atoms with van der Waals surface area (Å²) in [6.07, 6.45) is -0.771. The fourth-order valence-electron chi connectivity index (χ4n) is 5.42. The molecule has 40 heavy (non-hydrogen) atoms. The van der Waals surface area contributed by atoms with Crippen molar-refractivity contribution in [2.75, 3.05) is 29.0 Å². The molecule has 1 saturated carbocycles. The van der Waals surface area contributed by atoms with Crippen molar-refractivity contribution in [1.82, 2.24) is 14.9 Å². The molecule has 2 aliphatic rings. The van der Waals surface area contributed by atoms with Gasteiger partial charge in [0.1, 0.15) is 11.4 Å². The van der Waals surface area contributed by atoms with Crippen LogP contribution < -0.4 is 16.0 Å². The van der Waals surface area contributed by atoms with Crippen LogP contribution in [-0.4, -0.2) is 39.8 Å². The van der Waals surface area contributed by atoms with E-state index in [9.17, 15) is 22.8 Å². The number of halogens is 3. The van der Waals surface area contributed by atoms with Crippen molar-refractivity contribution in [3.63, 3.8) is 0 Å². The maximum absolute atomic E-state index is 13.7. The quantitative estimate of drug-likeness (QED) is 0.306. The smallest absolute Gasteiger partial charge is 0.342 e. The minimum absolute atomic E-state index is 0.00357. The number of nitrogens with one attached hydrogen (secondary N) is 3. The van der Waals surface area contributed by atoms with Gasteiger partial charge >= 0.3 is 6.18 Å². The van der Waals surface area contributed by atoms with Crippen molar-refractivity contribution in [2.45, 2.75) is 38.8 Å². The van der Waals surface area contributed by atoms with Crippen molar-refractivity contribution in [1.29, 1.82) is 0 Å². The van der Waals surface area contributed by atoms with Gasteiger partial charge in [-0.05, 0) is 67.2 Å². The second-order valence-electron chi connectivity index (χ2n) is 10.5. The minimum atomic E-state index is -4.69. The van der Waals surface area contributed by atoms with Gasteiger partial charge in [-0.15, -0.1) is 0 Å². The van der Waals surface area contributed by atoms with Gasteiger partial charge in [-0.25, -0.2) is 4.98 Å². The van der Waals surface area contributed by atoms with Crippen LogP contribution in [0.15, 0.2) is 61.3 Å². The highest BCUT2D eigenvalue weighted by Crippen LogP contribution is 2.56. The van der Waals surface area contributed by atoms with E-state index >= 15 is 0 Å². The van der Waals surface area contributed by atoms with Crippen LogP contribution in [-0.2, 0) is 15.8 Å². The number of nitrogens with zero attached hydrogens (tertiary/aromatic N) is 3. The zero-order valence-electron chi connectivity index (χ0n) is 22.1. The molecule has 208 valence electrons. The Hall–Kier alpha value is -4.41. The molecule has 2 heterocycles. The number of hydrogen-bond donors (Lipinski definition) is 3. The van der Waals surface area contributed by atoms with Crippen molar-refractivity contribution in [3.8, 4) is 0 Å². The lowest BCUT2D eigenvalue weighted by Crippen LogP contribution is -2.62. The van der Waals surface area contributed by atoms with Crippen LogP contribution >= 0.6 is 0 Å². The van der Waals surface area contributed by atoms with Crippen molar-refractivity contribution in [2.24, 2.45) is 5.41 Å². The van der Waals surface area contributed by atoms with Gasteiger partial charge in [0.25, 0.3) is 0 Å². The van der Waals surface area contributed by atoms with Crippen molar-refractivity contribution >= 4 is 40.6 Å². The third-order valence-corrected chi connectivity index (χ3v) is 7.50. The molecule has 3 N–H and O–H groups in total. The molecule has 11 heteroatoms. The SMILES string of the molecule is C=CC(=O)Nc1cccc(Nc2nc(Nc3ccc(C4CC5(C4)CN(C(C)=O)C5)cc3C)ncc2C(F)(F)F)c1. The number of alkyl halides is 3. The average molecular weight is 551 g/mol. The van der Waals surface area contributed by atoms with E-state index in [0.717, 1.165) is 43.8 Å². The molecule has 0 bridgehead atoms. The minimum Gasteiger partial charge on any atom is -0.342 e. The molecule has 1 saturated heterocycles. The van der Waals surface area contributed by atoms with Gasteiger partial charge in [-0.3, -0.25) is 9.59 Å². The summed E-state index contributed by atoms with van der Waals surface area (Å²) >= 11 is 0. The zero-order valence-corrected chi connectivity index (χ0v) is 22.1. The van der Waals surface area contributed by atoms with E-state index in [-0.39, 0.29) is 17.3 Å².